The van der Waals surface area contributed by atoms with Crippen molar-refractivity contribution in [1.82, 2.24) is 0 Å². The first-order valence-corrected chi connectivity index (χ1v) is 3.65. The van der Waals surface area contributed by atoms with Gasteiger partial charge in [0.1, 0.15) is 6.10 Å². The predicted octanol–water partition coefficient (Wildman–Crippen LogP) is 0.420. The van der Waals surface area contributed by atoms with Crippen molar-refractivity contribution in [2.24, 2.45) is 0 Å². The molecule has 0 spiro atoms. The minimum absolute atomic E-state index is 0.250. The van der Waals surface area contributed by atoms with Gasteiger partial charge >= 0.3 is 0 Å². The number of aliphatic hydroxyl groups excluding tert-OH is 1. The first-order valence-electron chi connectivity index (χ1n) is 3.65. The van der Waals surface area contributed by atoms with Gasteiger partial charge in [-0.15, -0.1) is 0 Å². The molecule has 3 heteroatoms. The van der Waals surface area contributed by atoms with E-state index in [4.69, 9.17) is 14.6 Å². The number of epoxide rings is 1. The van der Waals surface area contributed by atoms with Crippen LogP contribution in [0.3, 0.4) is 0 Å². The van der Waals surface area contributed by atoms with Gasteiger partial charge in [-0.3, -0.25) is 0 Å². The summed E-state index contributed by atoms with van der Waals surface area (Å²) in [4.78, 5) is 0. The third-order valence-electron chi connectivity index (χ3n) is 0.910. The third-order valence-corrected chi connectivity index (χ3v) is 0.910. The van der Waals surface area contributed by atoms with Crippen molar-refractivity contribution in [3.8, 4) is 0 Å². The topological polar surface area (TPSA) is 42.0 Å². The minimum Gasteiger partial charge on any atom is -0.397 e. The number of hydrogen-bond donors (Lipinski definition) is 1. The highest BCUT2D eigenvalue weighted by atomic mass is 16.6. The zero-order valence-electron chi connectivity index (χ0n) is 6.67. The van der Waals surface area contributed by atoms with Crippen molar-refractivity contribution in [3.05, 3.63) is 0 Å². The Morgan fingerprint density at radius 2 is 2.10 bits per heavy atom. The molecule has 0 bridgehead atoms. The van der Waals surface area contributed by atoms with Gasteiger partial charge in [-0.25, -0.2) is 0 Å². The van der Waals surface area contributed by atoms with E-state index in [1.165, 1.54) is 0 Å². The van der Waals surface area contributed by atoms with Crippen molar-refractivity contribution in [2.45, 2.75) is 20.0 Å². The van der Waals surface area contributed by atoms with E-state index in [9.17, 15) is 0 Å². The molecule has 1 fully saturated rings. The molecule has 1 atom stereocenters. The van der Waals surface area contributed by atoms with E-state index in [0.29, 0.717) is 6.10 Å². The van der Waals surface area contributed by atoms with Gasteiger partial charge in [-0.1, -0.05) is 0 Å². The minimum atomic E-state index is 0.250. The van der Waals surface area contributed by atoms with Crippen molar-refractivity contribution in [3.63, 3.8) is 0 Å². The van der Waals surface area contributed by atoms with Gasteiger partial charge in [0, 0.05) is 13.2 Å². The number of rotatable bonds is 3. The molecule has 0 saturated carbocycles. The smallest absolute Gasteiger partial charge is 0.104 e. The van der Waals surface area contributed by atoms with Crippen LogP contribution in [0.5, 0.6) is 0 Å². The van der Waals surface area contributed by atoms with Crippen molar-refractivity contribution in [1.29, 1.82) is 0 Å². The zero-order valence-corrected chi connectivity index (χ0v) is 6.67. The summed E-state index contributed by atoms with van der Waals surface area (Å²) in [6, 6.07) is 0. The van der Waals surface area contributed by atoms with E-state index in [1.54, 1.807) is 6.92 Å². The lowest BCUT2D eigenvalue weighted by molar-refractivity contribution is 0.128. The Kier molecular flexibility index (Phi) is 6.91. The predicted molar refractivity (Wildman–Crippen MR) is 39.0 cm³/mol. The van der Waals surface area contributed by atoms with Gasteiger partial charge in [0.25, 0.3) is 0 Å². The second kappa shape index (κ2) is 6.99. The molecule has 1 rings (SSSR count). The normalized spacial score (nSPS) is 21.3. The van der Waals surface area contributed by atoms with Crippen LogP contribution in [0.15, 0.2) is 0 Å². The Labute approximate surface area is 62.0 Å². The van der Waals surface area contributed by atoms with Crippen molar-refractivity contribution < 1.29 is 14.6 Å². The molecule has 62 valence electrons. The second-order valence-electron chi connectivity index (χ2n) is 1.93. The van der Waals surface area contributed by atoms with Crippen molar-refractivity contribution >= 4 is 0 Å². The van der Waals surface area contributed by atoms with Crippen LogP contribution >= 0.6 is 0 Å². The first-order chi connectivity index (χ1) is 4.85. The maximum atomic E-state index is 7.57. The fourth-order valence-corrected chi connectivity index (χ4v) is 0.414. The third kappa shape index (κ3) is 7.88. The Hall–Kier alpha value is -0.120. The molecule has 1 N–H and O–H groups in total. The van der Waals surface area contributed by atoms with Crippen LogP contribution < -0.4 is 0 Å². The lowest BCUT2D eigenvalue weighted by atomic mass is 10.5. The highest BCUT2D eigenvalue weighted by molar-refractivity contribution is 4.66. The fourth-order valence-electron chi connectivity index (χ4n) is 0.414. The highest BCUT2D eigenvalue weighted by Crippen LogP contribution is 2.07. The van der Waals surface area contributed by atoms with E-state index in [1.807, 2.05) is 6.92 Å². The number of aliphatic hydroxyl groups is 1. The van der Waals surface area contributed by atoms with E-state index < -0.39 is 0 Å². The van der Waals surface area contributed by atoms with Crippen LogP contribution in [-0.2, 0) is 9.47 Å². The Morgan fingerprint density at radius 3 is 2.40 bits per heavy atom. The average molecular weight is 148 g/mol. The van der Waals surface area contributed by atoms with Crippen LogP contribution in [0.1, 0.15) is 13.8 Å². The summed E-state index contributed by atoms with van der Waals surface area (Å²) in [7, 11) is 0. The summed E-state index contributed by atoms with van der Waals surface area (Å²) in [6.07, 6.45) is 0.431. The van der Waals surface area contributed by atoms with Gasteiger partial charge in [0.2, 0.25) is 0 Å². The second-order valence-corrected chi connectivity index (χ2v) is 1.93. The van der Waals surface area contributed by atoms with E-state index >= 15 is 0 Å². The van der Waals surface area contributed by atoms with E-state index in [2.05, 4.69) is 0 Å². The van der Waals surface area contributed by atoms with Gasteiger partial charge in [-0.05, 0) is 13.8 Å². The summed E-state index contributed by atoms with van der Waals surface area (Å²) in [5.41, 5.74) is 0. The standard InChI is InChI=1S/C5H10O2.C2H6O/c1-2-6-3-5-4-7-5;1-2-3/h5H,2-4H2,1H3;3H,2H2,1H3. The molecular weight excluding hydrogens is 132 g/mol. The Balaban J connectivity index is 0.000000236. The molecule has 1 saturated heterocycles. The molecule has 0 radical (unpaired) electrons. The molecule has 1 heterocycles. The van der Waals surface area contributed by atoms with Gasteiger partial charge in [0.15, 0.2) is 0 Å². The van der Waals surface area contributed by atoms with Crippen LogP contribution in [0.2, 0.25) is 0 Å². The summed E-state index contributed by atoms with van der Waals surface area (Å²) in [6.45, 7) is 6.42. The van der Waals surface area contributed by atoms with Crippen LogP contribution in [-0.4, -0.2) is 37.6 Å². The number of ether oxygens (including phenoxy) is 2. The molecule has 1 aliphatic rings. The molecule has 0 aromatic carbocycles. The Morgan fingerprint density at radius 1 is 1.60 bits per heavy atom. The molecule has 0 aliphatic carbocycles. The van der Waals surface area contributed by atoms with Crippen LogP contribution in [0, 0.1) is 0 Å². The molecule has 0 aromatic rings. The molecular formula is C7H16O3. The average Bonchev–Trinajstić information content (AvgIpc) is 2.68. The van der Waals surface area contributed by atoms with Crippen molar-refractivity contribution in [2.75, 3.05) is 26.4 Å². The molecule has 10 heavy (non-hydrogen) atoms. The SMILES string of the molecule is CCO.CCOCC1CO1. The molecule has 0 aromatic heterocycles. The quantitative estimate of drug-likeness (QED) is 0.590. The van der Waals surface area contributed by atoms with Gasteiger partial charge < -0.3 is 14.6 Å². The fraction of sp³-hybridized carbons (Fsp3) is 1.00. The summed E-state index contributed by atoms with van der Waals surface area (Å²) in [5.74, 6) is 0. The van der Waals surface area contributed by atoms with Crippen LogP contribution in [0.25, 0.3) is 0 Å². The molecule has 1 aliphatic heterocycles. The maximum absolute atomic E-state index is 7.57. The Bertz CT molecular complexity index is 61.9. The first kappa shape index (κ1) is 9.88. The van der Waals surface area contributed by atoms with E-state index in [-0.39, 0.29) is 6.61 Å². The lowest BCUT2D eigenvalue weighted by Crippen LogP contribution is -1.99. The molecule has 3 nitrogen and oxygen atoms in total. The van der Waals surface area contributed by atoms with Gasteiger partial charge in [-0.2, -0.15) is 0 Å². The molecule has 1 unspecified atom stereocenters. The van der Waals surface area contributed by atoms with Crippen LogP contribution in [0.4, 0.5) is 0 Å². The molecule has 0 amide bonds. The zero-order chi connectivity index (χ0) is 7.82. The lowest BCUT2D eigenvalue weighted by Gasteiger charge is -1.91. The largest absolute Gasteiger partial charge is 0.397 e. The summed E-state index contributed by atoms with van der Waals surface area (Å²) >= 11 is 0. The van der Waals surface area contributed by atoms with E-state index in [0.717, 1.165) is 19.8 Å². The van der Waals surface area contributed by atoms with Gasteiger partial charge in [0.05, 0.1) is 13.2 Å². The maximum Gasteiger partial charge on any atom is 0.104 e. The number of hydrogen-bond acceptors (Lipinski definition) is 3. The summed E-state index contributed by atoms with van der Waals surface area (Å²) in [5, 5.41) is 7.57. The highest BCUT2D eigenvalue weighted by Gasteiger charge is 2.21. The monoisotopic (exact) mass is 148 g/mol. The summed E-state index contributed by atoms with van der Waals surface area (Å²) < 4.78 is 9.92.